The molecule has 1 aliphatic rings. The van der Waals surface area contributed by atoms with Crippen LogP contribution in [0, 0.1) is 0 Å². The number of rotatable bonds is 6. The molecule has 2 rings (SSSR count). The van der Waals surface area contributed by atoms with Crippen molar-refractivity contribution in [2.75, 3.05) is 13.1 Å². The van der Waals surface area contributed by atoms with Gasteiger partial charge in [-0.1, -0.05) is 36.8 Å². The molecule has 122 valence electrons. The second-order valence-corrected chi connectivity index (χ2v) is 6.88. The molecule has 0 spiro atoms. The number of carbonyl (C=O) groups excluding carboxylic acids is 1. The average molecular weight is 303 g/mol. The van der Waals surface area contributed by atoms with E-state index < -0.39 is 0 Å². The minimum absolute atomic E-state index is 0.0175. The van der Waals surface area contributed by atoms with E-state index in [9.17, 15) is 4.79 Å². The van der Waals surface area contributed by atoms with E-state index in [1.54, 1.807) is 0 Å². The molecule has 1 unspecified atom stereocenters. The topological polar surface area (TPSA) is 53.2 Å². The highest BCUT2D eigenvalue weighted by atomic mass is 16.2. The second kappa shape index (κ2) is 7.75. The maximum atomic E-state index is 12.2. The Hall–Kier alpha value is -1.39. The summed E-state index contributed by atoms with van der Waals surface area (Å²) in [4.78, 5) is 12.2. The van der Waals surface area contributed by atoms with Gasteiger partial charge in [0.25, 0.3) is 0 Å². The summed E-state index contributed by atoms with van der Waals surface area (Å²) in [6.45, 7) is 7.98. The fourth-order valence-corrected chi connectivity index (χ4v) is 2.97. The van der Waals surface area contributed by atoms with Crippen molar-refractivity contribution in [3.63, 3.8) is 0 Å². The first-order valence-corrected chi connectivity index (χ1v) is 8.32. The summed E-state index contributed by atoms with van der Waals surface area (Å²) >= 11 is 0. The third kappa shape index (κ3) is 5.11. The number of hydrogen-bond donors (Lipinski definition) is 3. The Morgan fingerprint density at radius 1 is 1.32 bits per heavy atom. The summed E-state index contributed by atoms with van der Waals surface area (Å²) in [7, 11) is 0. The lowest BCUT2D eigenvalue weighted by Gasteiger charge is -2.32. The highest BCUT2D eigenvalue weighted by Gasteiger charge is 2.25. The molecule has 1 amide bonds. The van der Waals surface area contributed by atoms with Crippen LogP contribution in [0.4, 0.5) is 0 Å². The molecule has 4 heteroatoms. The predicted octanol–water partition coefficient (Wildman–Crippen LogP) is 2.37. The van der Waals surface area contributed by atoms with Crippen LogP contribution in [0.5, 0.6) is 0 Å². The Morgan fingerprint density at radius 2 is 2.05 bits per heavy atom. The molecular weight excluding hydrogens is 274 g/mol. The van der Waals surface area contributed by atoms with Crippen molar-refractivity contribution in [1.82, 2.24) is 16.0 Å². The van der Waals surface area contributed by atoms with Crippen molar-refractivity contribution < 1.29 is 4.79 Å². The molecule has 2 atom stereocenters. The number of carbonyl (C=O) groups is 1. The van der Waals surface area contributed by atoms with Crippen LogP contribution in [-0.4, -0.2) is 30.6 Å². The van der Waals surface area contributed by atoms with Gasteiger partial charge >= 0.3 is 0 Å². The van der Waals surface area contributed by atoms with Crippen molar-refractivity contribution in [1.29, 1.82) is 0 Å². The lowest BCUT2D eigenvalue weighted by atomic mass is 10.00. The van der Waals surface area contributed by atoms with E-state index in [1.165, 1.54) is 12.0 Å². The van der Waals surface area contributed by atoms with E-state index >= 15 is 0 Å². The highest BCUT2D eigenvalue weighted by molar-refractivity contribution is 5.81. The SMILES string of the molecule is CC(NC(C)(C)CNC(=O)[C@H]1CCCCN1)c1ccccc1. The van der Waals surface area contributed by atoms with Crippen molar-refractivity contribution in [2.45, 2.75) is 57.7 Å². The molecule has 4 nitrogen and oxygen atoms in total. The van der Waals surface area contributed by atoms with E-state index in [-0.39, 0.29) is 23.5 Å². The standard InChI is InChI=1S/C18H29N3O/c1-14(15-9-5-4-6-10-15)21-18(2,3)13-20-17(22)16-11-7-8-12-19-16/h4-6,9-10,14,16,19,21H,7-8,11-13H2,1-3H3,(H,20,22)/t14?,16-/m1/s1. The Bertz CT molecular complexity index is 466. The third-order valence-electron chi connectivity index (χ3n) is 4.24. The van der Waals surface area contributed by atoms with E-state index in [1.807, 2.05) is 6.07 Å². The molecule has 0 aliphatic carbocycles. The van der Waals surface area contributed by atoms with Crippen LogP contribution >= 0.6 is 0 Å². The summed E-state index contributed by atoms with van der Waals surface area (Å²) in [5.41, 5.74) is 1.11. The minimum Gasteiger partial charge on any atom is -0.353 e. The van der Waals surface area contributed by atoms with Crippen molar-refractivity contribution in [3.05, 3.63) is 35.9 Å². The molecule has 1 aromatic rings. The van der Waals surface area contributed by atoms with Crippen LogP contribution in [0.25, 0.3) is 0 Å². The molecule has 1 aromatic carbocycles. The first-order chi connectivity index (χ1) is 10.5. The van der Waals surface area contributed by atoms with Crippen LogP contribution < -0.4 is 16.0 Å². The van der Waals surface area contributed by atoms with Crippen molar-refractivity contribution in [3.8, 4) is 0 Å². The summed E-state index contributed by atoms with van der Waals surface area (Å²) in [5, 5.41) is 9.97. The minimum atomic E-state index is -0.153. The molecule has 1 aliphatic heterocycles. The van der Waals surface area contributed by atoms with Crippen LogP contribution in [0.15, 0.2) is 30.3 Å². The maximum absolute atomic E-state index is 12.2. The fraction of sp³-hybridized carbons (Fsp3) is 0.611. The van der Waals surface area contributed by atoms with Gasteiger partial charge in [-0.05, 0) is 45.7 Å². The number of benzene rings is 1. The van der Waals surface area contributed by atoms with E-state index in [0.717, 1.165) is 19.4 Å². The van der Waals surface area contributed by atoms with E-state index in [0.29, 0.717) is 6.54 Å². The molecule has 1 fully saturated rings. The molecule has 1 heterocycles. The monoisotopic (exact) mass is 303 g/mol. The second-order valence-electron chi connectivity index (χ2n) is 6.88. The fourth-order valence-electron chi connectivity index (χ4n) is 2.97. The quantitative estimate of drug-likeness (QED) is 0.756. The smallest absolute Gasteiger partial charge is 0.237 e. The molecule has 0 radical (unpaired) electrons. The molecular formula is C18H29N3O. The molecule has 1 saturated heterocycles. The predicted molar refractivity (Wildman–Crippen MR) is 90.7 cm³/mol. The number of piperidine rings is 1. The molecule has 3 N–H and O–H groups in total. The van der Waals surface area contributed by atoms with Gasteiger partial charge in [-0.3, -0.25) is 4.79 Å². The zero-order valence-corrected chi connectivity index (χ0v) is 14.0. The summed E-state index contributed by atoms with van der Waals surface area (Å²) in [6.07, 6.45) is 3.25. The van der Waals surface area contributed by atoms with Gasteiger partial charge in [0.2, 0.25) is 5.91 Å². The van der Waals surface area contributed by atoms with Crippen LogP contribution in [-0.2, 0) is 4.79 Å². The van der Waals surface area contributed by atoms with Gasteiger partial charge in [0, 0.05) is 18.1 Å². The highest BCUT2D eigenvalue weighted by Crippen LogP contribution is 2.16. The van der Waals surface area contributed by atoms with Gasteiger partial charge in [0.05, 0.1) is 6.04 Å². The summed E-state index contributed by atoms with van der Waals surface area (Å²) in [5.74, 6) is 0.127. The number of nitrogens with one attached hydrogen (secondary N) is 3. The maximum Gasteiger partial charge on any atom is 0.237 e. The molecule has 0 aromatic heterocycles. The van der Waals surface area contributed by atoms with Crippen LogP contribution in [0.1, 0.15) is 51.6 Å². The molecule has 22 heavy (non-hydrogen) atoms. The third-order valence-corrected chi connectivity index (χ3v) is 4.24. The summed E-state index contributed by atoms with van der Waals surface area (Å²) < 4.78 is 0. The number of amides is 1. The average Bonchev–Trinajstić information content (AvgIpc) is 2.54. The first-order valence-electron chi connectivity index (χ1n) is 8.32. The largest absolute Gasteiger partial charge is 0.353 e. The van der Waals surface area contributed by atoms with E-state index in [2.05, 4.69) is 61.0 Å². The van der Waals surface area contributed by atoms with Crippen molar-refractivity contribution >= 4 is 5.91 Å². The van der Waals surface area contributed by atoms with Crippen LogP contribution in [0.2, 0.25) is 0 Å². The zero-order valence-electron chi connectivity index (χ0n) is 14.0. The van der Waals surface area contributed by atoms with Crippen LogP contribution in [0.3, 0.4) is 0 Å². The van der Waals surface area contributed by atoms with Gasteiger partial charge in [-0.15, -0.1) is 0 Å². The molecule has 0 saturated carbocycles. The lowest BCUT2D eigenvalue weighted by molar-refractivity contribution is -0.123. The first kappa shape index (κ1) is 17.0. The molecule has 0 bridgehead atoms. The summed E-state index contributed by atoms with van der Waals surface area (Å²) in [6, 6.07) is 10.6. The lowest BCUT2D eigenvalue weighted by Crippen LogP contribution is -2.54. The Labute approximate surface area is 134 Å². The zero-order chi connectivity index (χ0) is 16.0. The van der Waals surface area contributed by atoms with Gasteiger partial charge in [0.15, 0.2) is 0 Å². The van der Waals surface area contributed by atoms with Gasteiger partial charge < -0.3 is 16.0 Å². The normalized spacial score (nSPS) is 20.4. The Kier molecular flexibility index (Phi) is 5.98. The van der Waals surface area contributed by atoms with E-state index in [4.69, 9.17) is 0 Å². The van der Waals surface area contributed by atoms with Gasteiger partial charge in [0.1, 0.15) is 0 Å². The Balaban J connectivity index is 1.81. The Morgan fingerprint density at radius 3 is 2.68 bits per heavy atom. The van der Waals surface area contributed by atoms with Crippen molar-refractivity contribution in [2.24, 2.45) is 0 Å². The van der Waals surface area contributed by atoms with Gasteiger partial charge in [-0.25, -0.2) is 0 Å². The van der Waals surface area contributed by atoms with Gasteiger partial charge in [-0.2, -0.15) is 0 Å². The number of hydrogen-bond acceptors (Lipinski definition) is 3.